The van der Waals surface area contributed by atoms with E-state index < -0.39 is 12.2 Å². The number of esters is 1. The largest absolute Gasteiger partial charge is 0.388 e. The molecular formula is C7H7NO2. The normalized spacial score (nSPS) is 10.7. The Hall–Kier alpha value is -1.56. The van der Waals surface area contributed by atoms with Gasteiger partial charge in [-0.3, -0.25) is 4.85 Å². The molecule has 0 saturated carbocycles. The van der Waals surface area contributed by atoms with Gasteiger partial charge in [0.05, 0.1) is 0 Å². The van der Waals surface area contributed by atoms with Crippen molar-refractivity contribution in [2.75, 3.05) is 0 Å². The lowest BCUT2D eigenvalue weighted by atomic mass is 10.5. The van der Waals surface area contributed by atoms with Crippen molar-refractivity contribution in [2.24, 2.45) is 0 Å². The van der Waals surface area contributed by atoms with E-state index in [2.05, 4.69) is 22.7 Å². The lowest BCUT2D eigenvalue weighted by Crippen LogP contribution is -2.09. The van der Waals surface area contributed by atoms with E-state index in [0.717, 1.165) is 6.08 Å². The molecule has 0 aliphatic carbocycles. The summed E-state index contributed by atoms with van der Waals surface area (Å²) in [5.74, 6) is -0.610. The Morgan fingerprint density at radius 1 is 1.70 bits per heavy atom. The smallest absolute Gasteiger partial charge is 0.385 e. The second kappa shape index (κ2) is 4.33. The van der Waals surface area contributed by atoms with Crippen LogP contribution in [-0.4, -0.2) is 12.2 Å². The zero-order chi connectivity index (χ0) is 7.98. The topological polar surface area (TPSA) is 30.7 Å². The van der Waals surface area contributed by atoms with Gasteiger partial charge in [0.15, 0.2) is 0 Å². The highest BCUT2D eigenvalue weighted by atomic mass is 16.6. The van der Waals surface area contributed by atoms with Crippen molar-refractivity contribution in [3.63, 3.8) is 0 Å². The first-order valence-electron chi connectivity index (χ1n) is 2.56. The minimum Gasteiger partial charge on any atom is -0.385 e. The molecule has 0 rings (SSSR count). The van der Waals surface area contributed by atoms with Crippen molar-refractivity contribution >= 4 is 5.97 Å². The van der Waals surface area contributed by atoms with Crippen LogP contribution in [0.2, 0.25) is 0 Å². The second-order valence-electron chi connectivity index (χ2n) is 1.40. The van der Waals surface area contributed by atoms with Gasteiger partial charge in [-0.1, -0.05) is 13.2 Å². The van der Waals surface area contributed by atoms with Crippen LogP contribution in [-0.2, 0) is 9.53 Å². The zero-order valence-electron chi connectivity index (χ0n) is 5.41. The highest BCUT2D eigenvalue weighted by Gasteiger charge is 2.09. The SMILES string of the molecule is [C-]#[N+]C(C=C)OC(=O)C=C. The molecule has 0 aromatic heterocycles. The maximum absolute atomic E-state index is 10.4. The minimum absolute atomic E-state index is 0.610. The number of nitrogens with zero attached hydrogens (tertiary/aromatic N) is 1. The van der Waals surface area contributed by atoms with Crippen LogP contribution in [0.25, 0.3) is 4.85 Å². The first-order chi connectivity index (χ1) is 4.74. The van der Waals surface area contributed by atoms with Crippen LogP contribution in [0, 0.1) is 6.57 Å². The molecule has 1 atom stereocenters. The van der Waals surface area contributed by atoms with Gasteiger partial charge in [-0.05, 0) is 0 Å². The lowest BCUT2D eigenvalue weighted by Gasteiger charge is -1.97. The molecule has 3 nitrogen and oxygen atoms in total. The van der Waals surface area contributed by atoms with Crippen LogP contribution in [0.1, 0.15) is 0 Å². The third-order valence-electron chi connectivity index (χ3n) is 0.732. The lowest BCUT2D eigenvalue weighted by molar-refractivity contribution is -0.139. The average molecular weight is 137 g/mol. The number of hydrogen-bond donors (Lipinski definition) is 0. The van der Waals surface area contributed by atoms with Crippen LogP contribution >= 0.6 is 0 Å². The predicted molar refractivity (Wildman–Crippen MR) is 36.9 cm³/mol. The van der Waals surface area contributed by atoms with E-state index in [-0.39, 0.29) is 0 Å². The van der Waals surface area contributed by atoms with Gasteiger partial charge in [-0.25, -0.2) is 11.4 Å². The average Bonchev–Trinajstić information content (AvgIpc) is 1.99. The Labute approximate surface area is 59.4 Å². The Balaban J connectivity index is 3.88. The summed E-state index contributed by atoms with van der Waals surface area (Å²) < 4.78 is 4.47. The van der Waals surface area contributed by atoms with E-state index in [9.17, 15) is 4.79 Å². The highest BCUT2D eigenvalue weighted by Crippen LogP contribution is 1.94. The summed E-state index contributed by atoms with van der Waals surface area (Å²) in [7, 11) is 0. The number of carbonyl (C=O) groups is 1. The molecule has 0 aromatic rings. The van der Waals surface area contributed by atoms with Crippen molar-refractivity contribution in [3.8, 4) is 0 Å². The summed E-state index contributed by atoms with van der Waals surface area (Å²) in [4.78, 5) is 13.3. The molecule has 10 heavy (non-hydrogen) atoms. The van der Waals surface area contributed by atoms with Gasteiger partial charge in [0, 0.05) is 12.2 Å². The molecule has 0 radical (unpaired) electrons. The van der Waals surface area contributed by atoms with Gasteiger partial charge in [0.25, 0.3) is 0 Å². The summed E-state index contributed by atoms with van der Waals surface area (Å²) in [5.41, 5.74) is 0. The van der Waals surface area contributed by atoms with Gasteiger partial charge in [0.2, 0.25) is 0 Å². The third-order valence-corrected chi connectivity index (χ3v) is 0.732. The van der Waals surface area contributed by atoms with Crippen LogP contribution < -0.4 is 0 Å². The molecule has 0 saturated heterocycles. The van der Waals surface area contributed by atoms with Crippen molar-refractivity contribution in [1.82, 2.24) is 0 Å². The van der Waals surface area contributed by atoms with Gasteiger partial charge in [-0.2, -0.15) is 0 Å². The number of rotatable bonds is 3. The molecule has 0 bridgehead atoms. The molecule has 0 aromatic carbocycles. The summed E-state index contributed by atoms with van der Waals surface area (Å²) in [5, 5.41) is 0. The molecule has 0 spiro atoms. The van der Waals surface area contributed by atoms with E-state index >= 15 is 0 Å². The molecule has 0 N–H and O–H groups in total. The maximum Gasteiger partial charge on any atom is 0.388 e. The molecule has 0 fully saturated rings. The fourth-order valence-electron chi connectivity index (χ4n) is 0.294. The highest BCUT2D eigenvalue weighted by molar-refractivity contribution is 5.81. The van der Waals surface area contributed by atoms with Crippen molar-refractivity contribution in [2.45, 2.75) is 6.23 Å². The Morgan fingerprint density at radius 3 is 2.60 bits per heavy atom. The second-order valence-corrected chi connectivity index (χ2v) is 1.40. The molecule has 0 amide bonds. The first-order valence-corrected chi connectivity index (χ1v) is 2.56. The molecule has 0 aliphatic heterocycles. The standard InChI is InChI=1S/C7H7NO2/c1-4-6(8-3)10-7(9)5-2/h4-6H,1-2H2. The molecule has 3 heteroatoms. The summed E-state index contributed by atoms with van der Waals surface area (Å²) in [6.07, 6.45) is 1.36. The van der Waals surface area contributed by atoms with Gasteiger partial charge >= 0.3 is 12.2 Å². The van der Waals surface area contributed by atoms with E-state index in [1.807, 2.05) is 0 Å². The van der Waals surface area contributed by atoms with Crippen molar-refractivity contribution < 1.29 is 9.53 Å². The quantitative estimate of drug-likeness (QED) is 0.253. The van der Waals surface area contributed by atoms with E-state index in [4.69, 9.17) is 6.57 Å². The van der Waals surface area contributed by atoms with Crippen LogP contribution in [0.15, 0.2) is 25.3 Å². The van der Waals surface area contributed by atoms with Crippen molar-refractivity contribution in [1.29, 1.82) is 0 Å². The maximum atomic E-state index is 10.4. The van der Waals surface area contributed by atoms with E-state index in [1.54, 1.807) is 0 Å². The number of carbonyl (C=O) groups excluding carboxylic acids is 1. The van der Waals surface area contributed by atoms with E-state index in [0.29, 0.717) is 0 Å². The van der Waals surface area contributed by atoms with Crippen LogP contribution in [0.4, 0.5) is 0 Å². The monoisotopic (exact) mass is 137 g/mol. The molecule has 52 valence electrons. The van der Waals surface area contributed by atoms with Crippen molar-refractivity contribution in [3.05, 3.63) is 36.7 Å². The molecule has 0 heterocycles. The Morgan fingerprint density at radius 2 is 2.30 bits per heavy atom. The van der Waals surface area contributed by atoms with Gasteiger partial charge in [0.1, 0.15) is 0 Å². The fraction of sp³-hybridized carbons (Fsp3) is 0.143. The first kappa shape index (κ1) is 8.44. The predicted octanol–water partition coefficient (Wildman–Crippen LogP) is 1.15. The molecule has 0 aliphatic rings. The number of ether oxygens (including phenoxy) is 1. The third kappa shape index (κ3) is 2.68. The summed E-state index contributed by atoms with van der Waals surface area (Å²) >= 11 is 0. The summed E-state index contributed by atoms with van der Waals surface area (Å²) in [6, 6.07) is 0. The molecular weight excluding hydrogens is 130 g/mol. The Bertz CT molecular complexity index is 190. The fourth-order valence-corrected chi connectivity index (χ4v) is 0.294. The molecule has 1 unspecified atom stereocenters. The Kier molecular flexibility index (Phi) is 3.66. The number of hydrogen-bond acceptors (Lipinski definition) is 2. The zero-order valence-corrected chi connectivity index (χ0v) is 5.41. The van der Waals surface area contributed by atoms with Crippen LogP contribution in [0.5, 0.6) is 0 Å². The summed E-state index contributed by atoms with van der Waals surface area (Å²) in [6.45, 7) is 12.9. The van der Waals surface area contributed by atoms with Gasteiger partial charge in [-0.15, -0.1) is 0 Å². The minimum atomic E-state index is -0.884. The van der Waals surface area contributed by atoms with Crippen LogP contribution in [0.3, 0.4) is 0 Å². The van der Waals surface area contributed by atoms with E-state index in [1.165, 1.54) is 6.08 Å². The van der Waals surface area contributed by atoms with Gasteiger partial charge < -0.3 is 4.74 Å².